The summed E-state index contributed by atoms with van der Waals surface area (Å²) in [6.07, 6.45) is 3.93. The molecule has 0 N–H and O–H groups in total. The van der Waals surface area contributed by atoms with Crippen molar-refractivity contribution < 1.29 is 9.18 Å². The van der Waals surface area contributed by atoms with Gasteiger partial charge in [-0.1, -0.05) is 6.07 Å². The van der Waals surface area contributed by atoms with Crippen LogP contribution in [0.2, 0.25) is 0 Å². The maximum atomic E-state index is 13.8. The Labute approximate surface area is 144 Å². The second-order valence-electron chi connectivity index (χ2n) is 6.94. The fraction of sp³-hybridized carbons (Fsp3) is 0.300. The monoisotopic (exact) mass is 335 g/mol. The van der Waals surface area contributed by atoms with E-state index >= 15 is 0 Å². The van der Waals surface area contributed by atoms with E-state index in [2.05, 4.69) is 9.55 Å². The van der Waals surface area contributed by atoms with Gasteiger partial charge in [-0.15, -0.1) is 0 Å². The van der Waals surface area contributed by atoms with Crippen molar-refractivity contribution in [3.8, 4) is 11.1 Å². The summed E-state index contributed by atoms with van der Waals surface area (Å²) in [6.45, 7) is 3.27. The van der Waals surface area contributed by atoms with Crippen molar-refractivity contribution in [2.75, 3.05) is 6.54 Å². The first kappa shape index (κ1) is 14.6. The molecule has 1 fully saturated rings. The van der Waals surface area contributed by atoms with Crippen molar-refractivity contribution >= 4 is 16.9 Å². The molecule has 1 amide bonds. The van der Waals surface area contributed by atoms with Gasteiger partial charge >= 0.3 is 0 Å². The molecule has 2 aliphatic rings. The molecular weight excluding hydrogens is 317 g/mol. The summed E-state index contributed by atoms with van der Waals surface area (Å²) in [6, 6.07) is 9.31. The van der Waals surface area contributed by atoms with E-state index in [4.69, 9.17) is 0 Å². The highest BCUT2D eigenvalue weighted by Gasteiger charge is 2.39. The number of benzene rings is 1. The lowest BCUT2D eigenvalue weighted by Crippen LogP contribution is -2.41. The zero-order valence-corrected chi connectivity index (χ0v) is 14.0. The van der Waals surface area contributed by atoms with Gasteiger partial charge in [0, 0.05) is 30.9 Å². The summed E-state index contributed by atoms with van der Waals surface area (Å²) in [5.41, 5.74) is 4.73. The standard InChI is InChI=1S/C20H18FN3O/c1-12-11-13(4-7-15(12)21)17-18-16(3-2-8-22-18)24-10-9-23(14-5-6-14)20(25)19(17)24/h2-4,7-8,11,14H,5-6,9-10H2,1H3. The lowest BCUT2D eigenvalue weighted by atomic mass is 10.0. The smallest absolute Gasteiger partial charge is 0.271 e. The Hall–Kier alpha value is -2.69. The van der Waals surface area contributed by atoms with Gasteiger partial charge in [-0.25, -0.2) is 4.39 Å². The minimum Gasteiger partial charge on any atom is -0.333 e. The Balaban J connectivity index is 1.80. The molecule has 5 rings (SSSR count). The normalized spacial score (nSPS) is 17.2. The third-order valence-corrected chi connectivity index (χ3v) is 5.28. The van der Waals surface area contributed by atoms with Crippen molar-refractivity contribution in [2.45, 2.75) is 32.4 Å². The van der Waals surface area contributed by atoms with Crippen LogP contribution in [0.1, 0.15) is 28.9 Å². The minimum absolute atomic E-state index is 0.0729. The molecule has 2 aromatic heterocycles. The average Bonchev–Trinajstić information content (AvgIpc) is 3.40. The Bertz CT molecular complexity index is 1020. The van der Waals surface area contributed by atoms with Gasteiger partial charge in [0.25, 0.3) is 5.91 Å². The predicted molar refractivity (Wildman–Crippen MR) is 93.9 cm³/mol. The number of fused-ring (bicyclic) bond motifs is 3. The highest BCUT2D eigenvalue weighted by atomic mass is 19.1. The Morgan fingerprint density at radius 2 is 2.04 bits per heavy atom. The van der Waals surface area contributed by atoms with Gasteiger partial charge in [0.1, 0.15) is 11.5 Å². The Morgan fingerprint density at radius 1 is 1.20 bits per heavy atom. The van der Waals surface area contributed by atoms with Crippen molar-refractivity contribution in [3.63, 3.8) is 0 Å². The van der Waals surface area contributed by atoms with Crippen LogP contribution in [0.5, 0.6) is 0 Å². The quantitative estimate of drug-likeness (QED) is 0.715. The van der Waals surface area contributed by atoms with Gasteiger partial charge in [0.15, 0.2) is 0 Å². The van der Waals surface area contributed by atoms with Crippen LogP contribution >= 0.6 is 0 Å². The molecule has 1 saturated carbocycles. The summed E-state index contributed by atoms with van der Waals surface area (Å²) in [5, 5.41) is 0. The Kier molecular flexibility index (Phi) is 3.02. The molecule has 0 spiro atoms. The van der Waals surface area contributed by atoms with Crippen molar-refractivity contribution in [3.05, 3.63) is 53.6 Å². The number of hydrogen-bond donors (Lipinski definition) is 0. The highest BCUT2D eigenvalue weighted by Crippen LogP contribution is 2.39. The van der Waals surface area contributed by atoms with Gasteiger partial charge in [-0.05, 0) is 55.2 Å². The first-order valence-corrected chi connectivity index (χ1v) is 8.70. The van der Waals surface area contributed by atoms with E-state index < -0.39 is 0 Å². The number of carbonyl (C=O) groups is 1. The zero-order chi connectivity index (χ0) is 17.1. The fourth-order valence-electron chi connectivity index (χ4n) is 3.88. The number of halogens is 1. The number of amides is 1. The van der Waals surface area contributed by atoms with Crippen LogP contribution in [0.4, 0.5) is 4.39 Å². The Morgan fingerprint density at radius 3 is 2.80 bits per heavy atom. The van der Waals surface area contributed by atoms with Crippen LogP contribution < -0.4 is 0 Å². The molecule has 25 heavy (non-hydrogen) atoms. The lowest BCUT2D eigenvalue weighted by molar-refractivity contribution is 0.0694. The van der Waals surface area contributed by atoms with Gasteiger partial charge in [0.05, 0.1) is 11.0 Å². The molecule has 5 heteroatoms. The molecule has 1 aromatic carbocycles. The van der Waals surface area contributed by atoms with E-state index in [-0.39, 0.29) is 11.7 Å². The zero-order valence-electron chi connectivity index (χ0n) is 14.0. The fourth-order valence-corrected chi connectivity index (χ4v) is 3.88. The van der Waals surface area contributed by atoms with E-state index in [1.54, 1.807) is 19.2 Å². The molecule has 0 unspecified atom stereocenters. The van der Waals surface area contributed by atoms with Gasteiger partial charge < -0.3 is 9.47 Å². The van der Waals surface area contributed by atoms with Crippen molar-refractivity contribution in [2.24, 2.45) is 0 Å². The van der Waals surface area contributed by atoms with Crippen LogP contribution in [0.25, 0.3) is 22.2 Å². The van der Waals surface area contributed by atoms with Crippen LogP contribution in [-0.2, 0) is 6.54 Å². The number of nitrogens with zero attached hydrogens (tertiary/aromatic N) is 3. The summed E-state index contributed by atoms with van der Waals surface area (Å²) < 4.78 is 15.8. The summed E-state index contributed by atoms with van der Waals surface area (Å²) in [7, 11) is 0. The number of carbonyl (C=O) groups excluding carboxylic acids is 1. The topological polar surface area (TPSA) is 38.1 Å². The largest absolute Gasteiger partial charge is 0.333 e. The summed E-state index contributed by atoms with van der Waals surface area (Å²) in [4.78, 5) is 19.8. The summed E-state index contributed by atoms with van der Waals surface area (Å²) >= 11 is 0. The van der Waals surface area contributed by atoms with E-state index in [0.717, 1.165) is 48.1 Å². The molecular formula is C20H18FN3O. The molecule has 0 saturated heterocycles. The van der Waals surface area contributed by atoms with Crippen LogP contribution in [0.3, 0.4) is 0 Å². The molecule has 126 valence electrons. The number of pyridine rings is 1. The van der Waals surface area contributed by atoms with E-state index in [1.807, 2.05) is 23.1 Å². The number of rotatable bonds is 2. The van der Waals surface area contributed by atoms with Crippen LogP contribution in [0, 0.1) is 12.7 Å². The molecule has 3 aromatic rings. The van der Waals surface area contributed by atoms with Gasteiger partial charge in [-0.3, -0.25) is 9.78 Å². The second-order valence-corrected chi connectivity index (χ2v) is 6.94. The third kappa shape index (κ3) is 2.11. The van der Waals surface area contributed by atoms with Gasteiger partial charge in [-0.2, -0.15) is 0 Å². The highest BCUT2D eigenvalue weighted by molar-refractivity contribution is 6.09. The van der Waals surface area contributed by atoms with E-state index in [9.17, 15) is 9.18 Å². The molecule has 1 aliphatic heterocycles. The van der Waals surface area contributed by atoms with E-state index in [0.29, 0.717) is 17.3 Å². The van der Waals surface area contributed by atoms with Crippen molar-refractivity contribution in [1.82, 2.24) is 14.5 Å². The van der Waals surface area contributed by atoms with Crippen LogP contribution in [0.15, 0.2) is 36.5 Å². The molecule has 3 heterocycles. The number of aromatic nitrogens is 2. The molecule has 0 radical (unpaired) electrons. The SMILES string of the molecule is Cc1cc(-c2c3n(c4cccnc24)CCN(C2CC2)C3=O)ccc1F. The first-order chi connectivity index (χ1) is 12.1. The molecule has 4 nitrogen and oxygen atoms in total. The molecule has 1 aliphatic carbocycles. The maximum Gasteiger partial charge on any atom is 0.271 e. The van der Waals surface area contributed by atoms with Crippen molar-refractivity contribution in [1.29, 1.82) is 0 Å². The maximum absolute atomic E-state index is 13.8. The predicted octanol–water partition coefficient (Wildman–Crippen LogP) is 3.77. The number of hydrogen-bond acceptors (Lipinski definition) is 2. The van der Waals surface area contributed by atoms with Gasteiger partial charge in [0.2, 0.25) is 0 Å². The second kappa shape index (κ2) is 5.15. The first-order valence-electron chi connectivity index (χ1n) is 8.70. The molecule has 0 bridgehead atoms. The summed E-state index contributed by atoms with van der Waals surface area (Å²) in [5.74, 6) is -0.163. The minimum atomic E-state index is -0.236. The third-order valence-electron chi connectivity index (χ3n) is 5.28. The molecule has 0 atom stereocenters. The number of aryl methyl sites for hydroxylation is 1. The van der Waals surface area contributed by atoms with Crippen LogP contribution in [-0.4, -0.2) is 32.9 Å². The average molecular weight is 335 g/mol. The lowest BCUT2D eigenvalue weighted by Gasteiger charge is -2.29. The van der Waals surface area contributed by atoms with E-state index in [1.165, 1.54) is 6.07 Å².